The predicted molar refractivity (Wildman–Crippen MR) is 106 cm³/mol. The van der Waals surface area contributed by atoms with Crippen LogP contribution in [0.15, 0.2) is 0 Å². The zero-order valence-corrected chi connectivity index (χ0v) is 17.3. The van der Waals surface area contributed by atoms with Crippen molar-refractivity contribution in [2.24, 2.45) is 0 Å². The third-order valence-corrected chi connectivity index (χ3v) is 3.99. The molecule has 0 unspecified atom stereocenters. The van der Waals surface area contributed by atoms with Gasteiger partial charge in [0.1, 0.15) is 0 Å². The van der Waals surface area contributed by atoms with Crippen molar-refractivity contribution in [3.8, 4) is 0 Å². The van der Waals surface area contributed by atoms with Gasteiger partial charge in [-0.05, 0) is 6.42 Å². The van der Waals surface area contributed by atoms with E-state index in [0.717, 1.165) is 12.8 Å². The van der Waals surface area contributed by atoms with Gasteiger partial charge in [-0.25, -0.2) is 0 Å². The van der Waals surface area contributed by atoms with Crippen molar-refractivity contribution in [1.82, 2.24) is 0 Å². The number of unbranched alkanes of at least 4 members (excludes halogenated alkanes) is 14. The molecule has 0 rings (SSSR count). The molecule has 0 saturated heterocycles. The Kier molecular flexibility index (Phi) is 45.5. The number of rotatable bonds is 16. The summed E-state index contributed by atoms with van der Waals surface area (Å²) in [5.74, 6) is -0.653. The van der Waals surface area contributed by atoms with E-state index in [1.54, 1.807) is 0 Å². The van der Waals surface area contributed by atoms with E-state index in [-0.39, 0.29) is 42.3 Å². The van der Waals surface area contributed by atoms with Crippen LogP contribution < -0.4 is 0 Å². The number of hydrogen-bond acceptors (Lipinski definition) is 1. The quantitative estimate of drug-likeness (QED) is 0.330. The third-order valence-electron chi connectivity index (χ3n) is 3.99. The zero-order chi connectivity index (χ0) is 14.9. The van der Waals surface area contributed by atoms with Gasteiger partial charge in [-0.15, -0.1) is 0 Å². The van der Waals surface area contributed by atoms with Crippen molar-refractivity contribution >= 4 is 29.0 Å². The molecular weight excluding hydrogens is 320 g/mol. The van der Waals surface area contributed by atoms with Gasteiger partial charge in [-0.3, -0.25) is 4.79 Å². The second-order valence-electron chi connectivity index (χ2n) is 6.09. The average Bonchev–Trinajstić information content (AvgIpc) is 2.43. The molecule has 148 valence electrons. The molecule has 0 saturated carbocycles. The van der Waals surface area contributed by atoms with Crippen LogP contribution in [0.2, 0.25) is 0 Å². The largest absolute Gasteiger partial charge is 2.00 e. The first-order valence-electron chi connectivity index (χ1n) is 8.99. The number of carbonyl (C=O) groups is 1. The topological polar surface area (TPSA) is 132 Å². The number of carboxylic acid groups (broad SMARTS) is 1. The summed E-state index contributed by atoms with van der Waals surface area (Å²) in [7, 11) is 0. The summed E-state index contributed by atoms with van der Waals surface area (Å²) in [6.07, 6.45) is 20.2. The van der Waals surface area contributed by atoms with Crippen molar-refractivity contribution in [2.45, 2.75) is 110 Å². The molecule has 0 heterocycles. The van der Waals surface area contributed by atoms with Gasteiger partial charge < -0.3 is 24.4 Å². The molecular formula is C18H44MgO5. The summed E-state index contributed by atoms with van der Waals surface area (Å²) in [4.78, 5) is 10.3. The monoisotopic (exact) mass is 364 g/mol. The molecule has 0 aromatic rings. The Morgan fingerprint density at radius 3 is 1.12 bits per heavy atom. The van der Waals surface area contributed by atoms with E-state index in [2.05, 4.69) is 6.92 Å². The fraction of sp³-hybridized carbons (Fsp3) is 0.944. The van der Waals surface area contributed by atoms with Gasteiger partial charge in [0.25, 0.3) is 0 Å². The van der Waals surface area contributed by atoms with Crippen LogP contribution in [0.25, 0.3) is 0 Å². The Hall–Kier alpha value is 0.116. The molecule has 6 heteroatoms. The Bertz CT molecular complexity index is 226. The number of aliphatic carboxylic acids is 1. The molecule has 0 amide bonds. The number of hydrogen-bond donors (Lipinski definition) is 1. The summed E-state index contributed by atoms with van der Waals surface area (Å²) >= 11 is 0. The molecule has 0 spiro atoms. The fourth-order valence-electron chi connectivity index (χ4n) is 2.65. The first-order chi connectivity index (χ1) is 9.77. The molecule has 0 aliphatic carbocycles. The van der Waals surface area contributed by atoms with Crippen molar-refractivity contribution in [3.63, 3.8) is 0 Å². The second-order valence-corrected chi connectivity index (χ2v) is 6.09. The Balaban J connectivity index is -0.000000120. The van der Waals surface area contributed by atoms with E-state index >= 15 is 0 Å². The van der Waals surface area contributed by atoms with Gasteiger partial charge in [-0.2, -0.15) is 0 Å². The predicted octanol–water partition coefficient (Wildman–Crippen LogP) is 3.70. The van der Waals surface area contributed by atoms with Crippen molar-refractivity contribution in [3.05, 3.63) is 0 Å². The first-order valence-corrected chi connectivity index (χ1v) is 8.99. The maximum Gasteiger partial charge on any atom is 2.00 e. The summed E-state index contributed by atoms with van der Waals surface area (Å²) in [6.45, 7) is 2.27. The summed E-state index contributed by atoms with van der Waals surface area (Å²) in [5, 5.41) is 8.52. The molecule has 0 aromatic heterocycles. The van der Waals surface area contributed by atoms with Gasteiger partial charge in [0.2, 0.25) is 0 Å². The normalized spacial score (nSPS) is 9.04. The van der Waals surface area contributed by atoms with E-state index in [0.29, 0.717) is 6.42 Å². The van der Waals surface area contributed by atoms with Gasteiger partial charge in [0.15, 0.2) is 0 Å². The minimum absolute atomic E-state index is 0. The molecule has 0 aliphatic heterocycles. The van der Waals surface area contributed by atoms with Crippen LogP contribution >= 0.6 is 0 Å². The molecule has 5 nitrogen and oxygen atoms in total. The minimum Gasteiger partial charge on any atom is -1.00 e. The maximum absolute atomic E-state index is 10.3. The van der Waals surface area contributed by atoms with Gasteiger partial charge >= 0.3 is 29.0 Å². The Morgan fingerprint density at radius 2 is 0.875 bits per heavy atom. The molecule has 0 radical (unpaired) electrons. The molecule has 7 N–H and O–H groups in total. The first kappa shape index (κ1) is 35.3. The second kappa shape index (κ2) is 30.9. The molecule has 0 fully saturated rings. The number of carboxylic acids is 1. The maximum atomic E-state index is 10.3. The molecule has 24 heavy (non-hydrogen) atoms. The van der Waals surface area contributed by atoms with E-state index < -0.39 is 5.97 Å². The minimum atomic E-state index is -0.653. The van der Waals surface area contributed by atoms with Gasteiger partial charge in [0.05, 0.1) is 0 Å². The van der Waals surface area contributed by atoms with Crippen LogP contribution in [0.5, 0.6) is 0 Å². The van der Waals surface area contributed by atoms with Crippen LogP contribution in [0.3, 0.4) is 0 Å². The van der Waals surface area contributed by atoms with Crippen LogP contribution in [-0.4, -0.2) is 50.6 Å². The van der Waals surface area contributed by atoms with Crippen molar-refractivity contribution < 1.29 is 29.2 Å². The molecule has 0 aliphatic rings. The third kappa shape index (κ3) is 33.7. The van der Waals surface area contributed by atoms with Crippen LogP contribution in [0.1, 0.15) is 113 Å². The van der Waals surface area contributed by atoms with Crippen LogP contribution in [-0.2, 0) is 4.79 Å². The van der Waals surface area contributed by atoms with E-state index in [9.17, 15) is 4.79 Å². The smallest absolute Gasteiger partial charge is 1.00 e. The van der Waals surface area contributed by atoms with Crippen LogP contribution in [0.4, 0.5) is 0 Å². The van der Waals surface area contributed by atoms with E-state index in [4.69, 9.17) is 5.11 Å². The SMILES string of the molecule is CCCCCCCCCCCCCCCCCC(=O)O.O.O.O.[H-].[H-].[Mg+2]. The fourth-order valence-corrected chi connectivity index (χ4v) is 2.65. The Labute approximate surface area is 168 Å². The zero-order valence-electron chi connectivity index (χ0n) is 17.9. The van der Waals surface area contributed by atoms with E-state index in [1.165, 1.54) is 83.5 Å². The summed E-state index contributed by atoms with van der Waals surface area (Å²) in [6, 6.07) is 0. The summed E-state index contributed by atoms with van der Waals surface area (Å²) < 4.78 is 0. The molecule has 0 bridgehead atoms. The average molecular weight is 365 g/mol. The summed E-state index contributed by atoms with van der Waals surface area (Å²) in [5.41, 5.74) is 0. The van der Waals surface area contributed by atoms with Crippen molar-refractivity contribution in [2.75, 3.05) is 0 Å². The molecule has 0 aromatic carbocycles. The van der Waals surface area contributed by atoms with Crippen molar-refractivity contribution in [1.29, 1.82) is 0 Å². The molecule has 0 atom stereocenters. The van der Waals surface area contributed by atoms with Gasteiger partial charge in [0, 0.05) is 6.42 Å². The van der Waals surface area contributed by atoms with Crippen LogP contribution in [0, 0.1) is 0 Å². The van der Waals surface area contributed by atoms with E-state index in [1.807, 2.05) is 0 Å². The van der Waals surface area contributed by atoms with Gasteiger partial charge in [-0.1, -0.05) is 96.8 Å². The standard InChI is InChI=1S/C18H36O2.Mg.3H2O.2H/c1-2-3-4-5-6-7-8-9-10-11-12-13-14-15-16-17-18(19)20;;;;;;/h2-17H2,1H3,(H,19,20);;3*1H2;;/q;+2;;;;2*-1. The Morgan fingerprint density at radius 1 is 0.625 bits per heavy atom.